The lowest BCUT2D eigenvalue weighted by Gasteiger charge is -2.26. The Hall–Kier alpha value is -0.480. The van der Waals surface area contributed by atoms with Gasteiger partial charge in [-0.1, -0.05) is 17.7 Å². The molecule has 0 aromatic heterocycles. The van der Waals surface area contributed by atoms with Crippen molar-refractivity contribution in [3.05, 3.63) is 28.8 Å². The quantitative estimate of drug-likeness (QED) is 0.894. The lowest BCUT2D eigenvalue weighted by Crippen LogP contribution is -2.29. The Morgan fingerprint density at radius 3 is 2.70 bits per heavy atom. The van der Waals surface area contributed by atoms with E-state index in [2.05, 4.69) is 33.3 Å². The van der Waals surface area contributed by atoms with Crippen molar-refractivity contribution in [3.63, 3.8) is 0 Å². The van der Waals surface area contributed by atoms with Gasteiger partial charge in [-0.25, -0.2) is 0 Å². The molecule has 3 aliphatic heterocycles. The highest BCUT2D eigenvalue weighted by atomic mass is 35.5. The van der Waals surface area contributed by atoms with Crippen molar-refractivity contribution in [2.45, 2.75) is 32.2 Å². The maximum absolute atomic E-state index is 6.57. The van der Waals surface area contributed by atoms with Gasteiger partial charge in [-0.2, -0.15) is 0 Å². The Morgan fingerprint density at radius 2 is 1.96 bits per heavy atom. The summed E-state index contributed by atoms with van der Waals surface area (Å²) >= 11 is 6.57. The van der Waals surface area contributed by atoms with Crippen molar-refractivity contribution in [3.8, 4) is 0 Å². The zero-order chi connectivity index (χ0) is 15.0. The SMILES string of the molecule is Cl.Clc1cccc(N2CCCC2)c1CN1CCC2(CCNC2)C1. The minimum Gasteiger partial charge on any atom is -0.371 e. The van der Waals surface area contributed by atoms with Crippen LogP contribution in [0, 0.1) is 5.41 Å². The van der Waals surface area contributed by atoms with Crippen molar-refractivity contribution >= 4 is 29.7 Å². The van der Waals surface area contributed by atoms with Crippen LogP contribution >= 0.6 is 24.0 Å². The van der Waals surface area contributed by atoms with Crippen LogP contribution in [0.25, 0.3) is 0 Å². The molecule has 4 rings (SSSR count). The molecule has 5 heteroatoms. The van der Waals surface area contributed by atoms with E-state index in [1.165, 1.54) is 76.2 Å². The average molecular weight is 356 g/mol. The Morgan fingerprint density at radius 1 is 1.13 bits per heavy atom. The molecular weight excluding hydrogens is 329 g/mol. The van der Waals surface area contributed by atoms with Crippen molar-refractivity contribution in [1.29, 1.82) is 0 Å². The Labute approximate surface area is 150 Å². The molecule has 3 fully saturated rings. The maximum Gasteiger partial charge on any atom is 0.0471 e. The van der Waals surface area contributed by atoms with Crippen molar-refractivity contribution in [2.24, 2.45) is 5.41 Å². The normalized spacial score (nSPS) is 27.8. The fraction of sp³-hybridized carbons (Fsp3) is 0.667. The molecule has 0 saturated carbocycles. The molecule has 1 N–H and O–H groups in total. The minimum atomic E-state index is 0. The first-order chi connectivity index (χ1) is 10.8. The molecule has 3 aliphatic rings. The van der Waals surface area contributed by atoms with Crippen LogP contribution in [0.2, 0.25) is 5.02 Å². The van der Waals surface area contributed by atoms with E-state index in [0.29, 0.717) is 5.41 Å². The van der Waals surface area contributed by atoms with Gasteiger partial charge in [0.15, 0.2) is 0 Å². The van der Waals surface area contributed by atoms with Crippen LogP contribution in [0.5, 0.6) is 0 Å². The third kappa shape index (κ3) is 3.48. The highest BCUT2D eigenvalue weighted by molar-refractivity contribution is 6.31. The number of nitrogens with zero attached hydrogens (tertiary/aromatic N) is 2. The van der Waals surface area contributed by atoms with Gasteiger partial charge in [-0.15, -0.1) is 12.4 Å². The Bertz CT molecular complexity index is 537. The summed E-state index contributed by atoms with van der Waals surface area (Å²) in [7, 11) is 0. The highest BCUT2D eigenvalue weighted by Crippen LogP contribution is 2.38. The first-order valence-corrected chi connectivity index (χ1v) is 9.09. The fourth-order valence-corrected chi connectivity index (χ4v) is 4.72. The van der Waals surface area contributed by atoms with Crippen LogP contribution in [0.15, 0.2) is 18.2 Å². The van der Waals surface area contributed by atoms with Gasteiger partial charge < -0.3 is 10.2 Å². The molecule has 128 valence electrons. The van der Waals surface area contributed by atoms with E-state index in [1.54, 1.807) is 0 Å². The number of halogens is 2. The predicted molar refractivity (Wildman–Crippen MR) is 100.0 cm³/mol. The van der Waals surface area contributed by atoms with E-state index in [1.807, 2.05) is 0 Å². The largest absolute Gasteiger partial charge is 0.371 e. The lowest BCUT2D eigenvalue weighted by molar-refractivity contribution is 0.269. The summed E-state index contributed by atoms with van der Waals surface area (Å²) in [4.78, 5) is 5.14. The van der Waals surface area contributed by atoms with Crippen molar-refractivity contribution < 1.29 is 0 Å². The van der Waals surface area contributed by atoms with Gasteiger partial charge in [0.2, 0.25) is 0 Å². The summed E-state index contributed by atoms with van der Waals surface area (Å²) in [6.07, 6.45) is 5.30. The van der Waals surface area contributed by atoms with Crippen LogP contribution in [-0.2, 0) is 6.54 Å². The summed E-state index contributed by atoms with van der Waals surface area (Å²) in [6.45, 7) is 8.20. The molecule has 1 spiro atoms. The second kappa shape index (κ2) is 7.18. The van der Waals surface area contributed by atoms with E-state index in [-0.39, 0.29) is 12.4 Å². The Balaban J connectivity index is 0.00000156. The van der Waals surface area contributed by atoms with Gasteiger partial charge in [0.05, 0.1) is 0 Å². The molecule has 23 heavy (non-hydrogen) atoms. The molecule has 1 aromatic carbocycles. The summed E-state index contributed by atoms with van der Waals surface area (Å²) in [5.41, 5.74) is 3.25. The van der Waals surface area contributed by atoms with Gasteiger partial charge in [0, 0.05) is 49.0 Å². The molecule has 3 saturated heterocycles. The molecule has 3 heterocycles. The number of nitrogens with one attached hydrogen (secondary N) is 1. The summed E-state index contributed by atoms with van der Waals surface area (Å²) < 4.78 is 0. The monoisotopic (exact) mass is 355 g/mol. The highest BCUT2D eigenvalue weighted by Gasteiger charge is 2.40. The molecule has 1 aromatic rings. The van der Waals surface area contributed by atoms with Gasteiger partial charge in [0.25, 0.3) is 0 Å². The third-order valence-corrected chi connectivity index (χ3v) is 6.13. The van der Waals surface area contributed by atoms with Crippen LogP contribution in [0.1, 0.15) is 31.2 Å². The first kappa shape index (κ1) is 17.3. The molecule has 0 radical (unpaired) electrons. The summed E-state index contributed by atoms with van der Waals surface area (Å²) in [5, 5.41) is 4.49. The van der Waals surface area contributed by atoms with Crippen LogP contribution in [0.4, 0.5) is 5.69 Å². The van der Waals surface area contributed by atoms with Crippen LogP contribution in [0.3, 0.4) is 0 Å². The van der Waals surface area contributed by atoms with E-state index >= 15 is 0 Å². The predicted octanol–water partition coefficient (Wildman–Crippen LogP) is 3.55. The van der Waals surface area contributed by atoms with Gasteiger partial charge in [-0.3, -0.25) is 4.90 Å². The molecule has 0 aliphatic carbocycles. The molecule has 0 amide bonds. The number of hydrogen-bond donors (Lipinski definition) is 1. The maximum atomic E-state index is 6.57. The number of benzene rings is 1. The third-order valence-electron chi connectivity index (χ3n) is 5.77. The topological polar surface area (TPSA) is 18.5 Å². The van der Waals surface area contributed by atoms with Crippen LogP contribution < -0.4 is 10.2 Å². The summed E-state index contributed by atoms with van der Waals surface area (Å²) in [6, 6.07) is 6.42. The van der Waals surface area contributed by atoms with Gasteiger partial charge >= 0.3 is 0 Å². The first-order valence-electron chi connectivity index (χ1n) is 8.71. The number of rotatable bonds is 3. The second-order valence-corrected chi connectivity index (χ2v) is 7.73. The summed E-state index contributed by atoms with van der Waals surface area (Å²) in [5.74, 6) is 0. The number of hydrogen-bond acceptors (Lipinski definition) is 3. The minimum absolute atomic E-state index is 0. The fourth-order valence-electron chi connectivity index (χ4n) is 4.49. The molecule has 3 nitrogen and oxygen atoms in total. The Kier molecular flexibility index (Phi) is 5.42. The van der Waals surface area contributed by atoms with E-state index < -0.39 is 0 Å². The second-order valence-electron chi connectivity index (χ2n) is 7.32. The average Bonchev–Trinajstić information content (AvgIpc) is 3.26. The zero-order valence-corrected chi connectivity index (χ0v) is 15.3. The molecule has 0 bridgehead atoms. The van der Waals surface area contributed by atoms with Gasteiger partial charge in [0.1, 0.15) is 0 Å². The van der Waals surface area contributed by atoms with Crippen molar-refractivity contribution in [2.75, 3.05) is 44.2 Å². The number of likely N-dealkylation sites (tertiary alicyclic amines) is 1. The molecule has 1 unspecified atom stereocenters. The van der Waals surface area contributed by atoms with E-state index in [0.717, 1.165) is 11.6 Å². The van der Waals surface area contributed by atoms with E-state index in [4.69, 9.17) is 11.6 Å². The molecular formula is C18H27Cl2N3. The van der Waals surface area contributed by atoms with Crippen LogP contribution in [-0.4, -0.2) is 44.2 Å². The van der Waals surface area contributed by atoms with E-state index in [9.17, 15) is 0 Å². The zero-order valence-electron chi connectivity index (χ0n) is 13.7. The number of anilines is 1. The molecule has 1 atom stereocenters. The lowest BCUT2D eigenvalue weighted by atomic mass is 9.86. The van der Waals surface area contributed by atoms with Crippen molar-refractivity contribution in [1.82, 2.24) is 10.2 Å². The standard InChI is InChI=1S/C18H26ClN3.ClH/c19-16-4-3-5-17(22-9-1-2-10-22)15(16)12-21-11-7-18(14-21)6-8-20-13-18;/h3-5,20H,1-2,6-14H2;1H. The smallest absolute Gasteiger partial charge is 0.0471 e. The van der Waals surface area contributed by atoms with Gasteiger partial charge in [-0.05, 0) is 56.3 Å².